The second-order valence-electron chi connectivity index (χ2n) is 6.21. The number of likely N-dealkylation sites (N-methyl/N-ethyl adjacent to an activating group) is 1. The summed E-state index contributed by atoms with van der Waals surface area (Å²) in [6, 6.07) is 18.4. The number of aromatic nitrogens is 1. The number of rotatable bonds is 8. The van der Waals surface area contributed by atoms with Crippen molar-refractivity contribution < 1.29 is 9.84 Å². The van der Waals surface area contributed by atoms with Gasteiger partial charge in [-0.15, -0.1) is 0 Å². The van der Waals surface area contributed by atoms with E-state index >= 15 is 0 Å². The molecule has 0 spiro atoms. The summed E-state index contributed by atoms with van der Waals surface area (Å²) >= 11 is 0. The van der Waals surface area contributed by atoms with Crippen molar-refractivity contribution in [2.45, 2.75) is 19.3 Å². The third-order valence-electron chi connectivity index (χ3n) is 4.07. The molecule has 0 fully saturated rings. The molecule has 3 rings (SSSR count). The quantitative estimate of drug-likeness (QED) is 0.669. The van der Waals surface area contributed by atoms with Gasteiger partial charge in [-0.05, 0) is 30.3 Å². The van der Waals surface area contributed by atoms with E-state index in [0.717, 1.165) is 17.6 Å². The summed E-state index contributed by atoms with van der Waals surface area (Å²) in [7, 11) is 2.02. The third kappa shape index (κ3) is 4.45. The van der Waals surface area contributed by atoms with Gasteiger partial charge in [0, 0.05) is 30.2 Å². The van der Waals surface area contributed by atoms with E-state index < -0.39 is 6.10 Å². The Morgan fingerprint density at radius 3 is 2.75 bits per heavy atom. The van der Waals surface area contributed by atoms with Crippen molar-refractivity contribution in [1.29, 1.82) is 0 Å². The summed E-state index contributed by atoms with van der Waals surface area (Å²) < 4.78 is 5.61. The van der Waals surface area contributed by atoms with Crippen LogP contribution in [0.2, 0.25) is 0 Å². The van der Waals surface area contributed by atoms with Crippen molar-refractivity contribution >= 4 is 10.9 Å². The molecule has 0 saturated carbocycles. The number of hydrogen-bond acceptors (Lipinski definition) is 3. The van der Waals surface area contributed by atoms with Crippen LogP contribution in [-0.2, 0) is 17.9 Å². The minimum absolute atomic E-state index is 0.341. The molecule has 0 saturated heterocycles. The predicted octanol–water partition coefficient (Wildman–Crippen LogP) is 3.18. The molecule has 4 nitrogen and oxygen atoms in total. The molecule has 3 aromatic rings. The lowest BCUT2D eigenvalue weighted by atomic mass is 10.1. The average Bonchev–Trinajstić information content (AvgIpc) is 3.05. The molecule has 0 aliphatic heterocycles. The van der Waals surface area contributed by atoms with Crippen LogP contribution in [0.15, 0.2) is 60.8 Å². The predicted molar refractivity (Wildman–Crippen MR) is 96.7 cm³/mol. The van der Waals surface area contributed by atoms with Crippen molar-refractivity contribution in [3.05, 3.63) is 71.9 Å². The molecule has 24 heavy (non-hydrogen) atoms. The lowest BCUT2D eigenvalue weighted by Gasteiger charge is -2.21. The van der Waals surface area contributed by atoms with Crippen LogP contribution in [0.1, 0.15) is 11.1 Å². The standard InChI is InChI=1S/C20H24N2O2/c1-22(12-17-8-5-9-20-19(17)10-11-21-20)13-18(23)15-24-14-16-6-3-2-4-7-16/h2-11,18,21,23H,12-15H2,1H3. The first-order valence-electron chi connectivity index (χ1n) is 8.25. The number of ether oxygens (including phenoxy) is 1. The molecule has 0 radical (unpaired) electrons. The molecule has 1 aromatic heterocycles. The van der Waals surface area contributed by atoms with Gasteiger partial charge in [0.15, 0.2) is 0 Å². The Hall–Kier alpha value is -2.14. The van der Waals surface area contributed by atoms with Gasteiger partial charge < -0.3 is 14.8 Å². The van der Waals surface area contributed by atoms with Crippen molar-refractivity contribution in [1.82, 2.24) is 9.88 Å². The second kappa shape index (κ2) is 8.11. The highest BCUT2D eigenvalue weighted by Gasteiger charge is 2.11. The zero-order valence-electron chi connectivity index (χ0n) is 14.0. The van der Waals surface area contributed by atoms with Crippen LogP contribution in [0.4, 0.5) is 0 Å². The lowest BCUT2D eigenvalue weighted by Crippen LogP contribution is -2.31. The van der Waals surface area contributed by atoms with Crippen LogP contribution in [0.25, 0.3) is 10.9 Å². The van der Waals surface area contributed by atoms with Gasteiger partial charge in [0.2, 0.25) is 0 Å². The Labute approximate surface area is 142 Å². The fourth-order valence-corrected chi connectivity index (χ4v) is 2.94. The molecule has 126 valence electrons. The topological polar surface area (TPSA) is 48.5 Å². The minimum atomic E-state index is -0.496. The molecule has 0 aliphatic carbocycles. The monoisotopic (exact) mass is 324 g/mol. The highest BCUT2D eigenvalue weighted by atomic mass is 16.5. The highest BCUT2D eigenvalue weighted by molar-refractivity contribution is 5.82. The maximum absolute atomic E-state index is 10.2. The van der Waals surface area contributed by atoms with Crippen molar-refractivity contribution in [2.24, 2.45) is 0 Å². The zero-order chi connectivity index (χ0) is 16.8. The van der Waals surface area contributed by atoms with E-state index in [4.69, 9.17) is 4.74 Å². The normalized spacial score (nSPS) is 12.8. The van der Waals surface area contributed by atoms with E-state index in [1.165, 1.54) is 10.9 Å². The summed E-state index contributed by atoms with van der Waals surface area (Å²) in [6.07, 6.45) is 1.46. The average molecular weight is 324 g/mol. The Bertz CT molecular complexity index is 754. The number of hydrogen-bond donors (Lipinski definition) is 2. The van der Waals surface area contributed by atoms with Crippen molar-refractivity contribution in [3.63, 3.8) is 0 Å². The minimum Gasteiger partial charge on any atom is -0.389 e. The number of H-pyrrole nitrogens is 1. The smallest absolute Gasteiger partial charge is 0.0900 e. The maximum Gasteiger partial charge on any atom is 0.0900 e. The molecule has 0 aliphatic rings. The van der Waals surface area contributed by atoms with Crippen LogP contribution in [0.5, 0.6) is 0 Å². The molecular formula is C20H24N2O2. The highest BCUT2D eigenvalue weighted by Crippen LogP contribution is 2.18. The number of aliphatic hydroxyl groups excluding tert-OH is 1. The van der Waals surface area contributed by atoms with Crippen LogP contribution in [0.3, 0.4) is 0 Å². The molecule has 4 heteroatoms. The summed E-state index contributed by atoms with van der Waals surface area (Å²) in [5, 5.41) is 11.4. The fourth-order valence-electron chi connectivity index (χ4n) is 2.94. The van der Waals surface area contributed by atoms with Gasteiger partial charge in [-0.25, -0.2) is 0 Å². The van der Waals surface area contributed by atoms with Gasteiger partial charge in [0.05, 0.1) is 19.3 Å². The van der Waals surface area contributed by atoms with Gasteiger partial charge >= 0.3 is 0 Å². The summed E-state index contributed by atoms with van der Waals surface area (Å²) in [5.41, 5.74) is 3.53. The maximum atomic E-state index is 10.2. The Morgan fingerprint density at radius 2 is 1.92 bits per heavy atom. The van der Waals surface area contributed by atoms with Crippen LogP contribution in [0, 0.1) is 0 Å². The van der Waals surface area contributed by atoms with E-state index in [2.05, 4.69) is 34.1 Å². The SMILES string of the molecule is CN(Cc1cccc2[nH]ccc12)CC(O)COCc1ccccc1. The number of fused-ring (bicyclic) bond motifs is 1. The van der Waals surface area contributed by atoms with E-state index in [1.54, 1.807) is 0 Å². The first-order chi connectivity index (χ1) is 11.7. The molecule has 0 bridgehead atoms. The lowest BCUT2D eigenvalue weighted by molar-refractivity contribution is 0.0127. The second-order valence-corrected chi connectivity index (χ2v) is 6.21. The van der Waals surface area contributed by atoms with Gasteiger partial charge in [0.25, 0.3) is 0 Å². The number of benzene rings is 2. The summed E-state index contributed by atoms with van der Waals surface area (Å²) in [6.45, 7) is 2.25. The summed E-state index contributed by atoms with van der Waals surface area (Å²) in [5.74, 6) is 0. The molecule has 2 N–H and O–H groups in total. The molecule has 0 amide bonds. The number of aliphatic hydroxyl groups is 1. The van der Waals surface area contributed by atoms with E-state index in [0.29, 0.717) is 19.8 Å². The van der Waals surface area contributed by atoms with Crippen LogP contribution < -0.4 is 0 Å². The summed E-state index contributed by atoms with van der Waals surface area (Å²) in [4.78, 5) is 5.35. The van der Waals surface area contributed by atoms with E-state index in [9.17, 15) is 5.11 Å². The Kier molecular flexibility index (Phi) is 5.64. The number of nitrogens with one attached hydrogen (secondary N) is 1. The first-order valence-corrected chi connectivity index (χ1v) is 8.25. The van der Waals surface area contributed by atoms with E-state index in [1.807, 2.05) is 43.6 Å². The van der Waals surface area contributed by atoms with E-state index in [-0.39, 0.29) is 0 Å². The molecule has 1 unspecified atom stereocenters. The Balaban J connectivity index is 1.46. The van der Waals surface area contributed by atoms with Crippen molar-refractivity contribution in [2.75, 3.05) is 20.2 Å². The van der Waals surface area contributed by atoms with Gasteiger partial charge in [-0.3, -0.25) is 4.90 Å². The van der Waals surface area contributed by atoms with Crippen LogP contribution >= 0.6 is 0 Å². The zero-order valence-corrected chi connectivity index (χ0v) is 14.0. The fraction of sp³-hybridized carbons (Fsp3) is 0.300. The molecule has 1 atom stereocenters. The van der Waals surface area contributed by atoms with Gasteiger partial charge in [-0.1, -0.05) is 42.5 Å². The van der Waals surface area contributed by atoms with Crippen LogP contribution in [-0.4, -0.2) is 41.3 Å². The first kappa shape index (κ1) is 16.7. The number of aromatic amines is 1. The van der Waals surface area contributed by atoms with Gasteiger partial charge in [-0.2, -0.15) is 0 Å². The Morgan fingerprint density at radius 1 is 1.08 bits per heavy atom. The van der Waals surface area contributed by atoms with Gasteiger partial charge in [0.1, 0.15) is 0 Å². The largest absolute Gasteiger partial charge is 0.389 e. The van der Waals surface area contributed by atoms with Crippen molar-refractivity contribution in [3.8, 4) is 0 Å². The number of nitrogens with zero attached hydrogens (tertiary/aromatic N) is 1. The molecular weight excluding hydrogens is 300 g/mol. The molecule has 2 aromatic carbocycles. The molecule has 1 heterocycles. The third-order valence-corrected chi connectivity index (χ3v) is 4.07.